The van der Waals surface area contributed by atoms with Crippen molar-refractivity contribution in [3.05, 3.63) is 54.1 Å². The van der Waals surface area contributed by atoms with Gasteiger partial charge in [-0.2, -0.15) is 15.0 Å². The monoisotopic (exact) mass is 613 g/mol. The second kappa shape index (κ2) is 13.3. The number of nitrogens with one attached hydrogen (secondary N) is 3. The fraction of sp³-hybridized carbons (Fsp3) is 0.469. The molecule has 0 radical (unpaired) electrons. The molecule has 4 aliphatic rings. The first-order chi connectivity index (χ1) is 22.1. The van der Waals surface area contributed by atoms with Crippen molar-refractivity contribution in [2.45, 2.75) is 31.3 Å². The molecule has 3 amide bonds. The lowest BCUT2D eigenvalue weighted by Gasteiger charge is -2.45. The summed E-state index contributed by atoms with van der Waals surface area (Å²) in [4.78, 5) is 46.6. The molecule has 4 aliphatic heterocycles. The summed E-state index contributed by atoms with van der Waals surface area (Å²) >= 11 is 0. The molecule has 13 nitrogen and oxygen atoms in total. The normalized spacial score (nSPS) is 21.7. The third-order valence-corrected chi connectivity index (χ3v) is 8.81. The number of carbonyl (C=O) groups is 2. The number of fused-ring (bicyclic) bond motifs is 2. The molecule has 5 heterocycles. The summed E-state index contributed by atoms with van der Waals surface area (Å²) in [5.74, 6) is 1.95. The van der Waals surface area contributed by atoms with Crippen LogP contribution in [0, 0.1) is 0 Å². The van der Waals surface area contributed by atoms with Gasteiger partial charge in [0.1, 0.15) is 0 Å². The fourth-order valence-corrected chi connectivity index (χ4v) is 6.41. The van der Waals surface area contributed by atoms with E-state index < -0.39 is 0 Å². The van der Waals surface area contributed by atoms with Gasteiger partial charge in [0.05, 0.1) is 38.5 Å². The van der Waals surface area contributed by atoms with Crippen molar-refractivity contribution in [2.75, 3.05) is 86.1 Å². The predicted octanol–water partition coefficient (Wildman–Crippen LogP) is 2.82. The summed E-state index contributed by atoms with van der Waals surface area (Å²) in [6.45, 7) is 7.09. The van der Waals surface area contributed by atoms with Gasteiger partial charge in [0.2, 0.25) is 11.9 Å². The van der Waals surface area contributed by atoms with Crippen LogP contribution in [0.1, 0.15) is 29.6 Å². The molecule has 7 rings (SSSR count). The van der Waals surface area contributed by atoms with Crippen molar-refractivity contribution in [2.24, 2.45) is 0 Å². The Labute approximate surface area is 262 Å². The molecule has 13 heteroatoms. The third-order valence-electron chi connectivity index (χ3n) is 8.81. The van der Waals surface area contributed by atoms with Gasteiger partial charge in [-0.05, 0) is 67.8 Å². The first kappa shape index (κ1) is 29.4. The maximum atomic E-state index is 12.8. The molecule has 4 fully saturated rings. The standard InChI is InChI=1S/C32H39N9O4/c42-29(39-14-12-33-13-15-39)23-6-10-25(11-7-23)35-32(43)34-24-8-4-22(5-9-24)28-36-30(40-16-18-44-19-17-40)38-31(37-28)41-26-2-1-3-27(41)21-45-20-26/h4-11,26-27,33H,1-3,12-21H2,(H2,34,35,43). The number of ether oxygens (including phenoxy) is 2. The van der Waals surface area contributed by atoms with Gasteiger partial charge < -0.3 is 40.1 Å². The summed E-state index contributed by atoms with van der Waals surface area (Å²) in [6, 6.07) is 14.6. The zero-order chi connectivity index (χ0) is 30.6. The van der Waals surface area contributed by atoms with Crippen LogP contribution >= 0.6 is 0 Å². The van der Waals surface area contributed by atoms with Gasteiger partial charge in [0, 0.05) is 61.8 Å². The molecule has 45 heavy (non-hydrogen) atoms. The van der Waals surface area contributed by atoms with Crippen LogP contribution in [-0.2, 0) is 9.47 Å². The molecule has 2 unspecified atom stereocenters. The average molecular weight is 614 g/mol. The zero-order valence-corrected chi connectivity index (χ0v) is 25.3. The minimum absolute atomic E-state index is 0.00255. The van der Waals surface area contributed by atoms with E-state index in [9.17, 15) is 9.59 Å². The Balaban J connectivity index is 1.04. The van der Waals surface area contributed by atoms with E-state index >= 15 is 0 Å². The SMILES string of the molecule is O=C(Nc1ccc(C(=O)N2CCNCC2)cc1)Nc1ccc(-c2nc(N3CCOCC3)nc(N3C4CCCC3COC4)n2)cc1. The van der Waals surface area contributed by atoms with E-state index in [2.05, 4.69) is 25.8 Å². The molecule has 3 N–H and O–H groups in total. The first-order valence-corrected chi connectivity index (χ1v) is 15.8. The molecule has 0 spiro atoms. The molecule has 0 aliphatic carbocycles. The number of hydrogen-bond donors (Lipinski definition) is 3. The number of aromatic nitrogens is 3. The Kier molecular flexibility index (Phi) is 8.71. The van der Waals surface area contributed by atoms with E-state index in [1.807, 2.05) is 29.2 Å². The van der Waals surface area contributed by atoms with Gasteiger partial charge in [-0.15, -0.1) is 0 Å². The molecule has 4 saturated heterocycles. The van der Waals surface area contributed by atoms with E-state index in [4.69, 9.17) is 24.4 Å². The number of piperidine rings is 1. The Hall–Kier alpha value is -4.33. The Morgan fingerprint density at radius 1 is 0.756 bits per heavy atom. The molecule has 2 atom stereocenters. The molecule has 2 bridgehead atoms. The molecule has 236 valence electrons. The molecular weight excluding hydrogens is 574 g/mol. The summed E-state index contributed by atoms with van der Waals surface area (Å²) in [7, 11) is 0. The second-order valence-corrected chi connectivity index (χ2v) is 11.8. The topological polar surface area (TPSA) is 137 Å². The minimum atomic E-state index is -0.375. The quantitative estimate of drug-likeness (QED) is 0.381. The average Bonchev–Trinajstić information content (AvgIpc) is 3.09. The van der Waals surface area contributed by atoms with Crippen molar-refractivity contribution < 1.29 is 19.1 Å². The van der Waals surface area contributed by atoms with Gasteiger partial charge in [-0.1, -0.05) is 0 Å². The lowest BCUT2D eigenvalue weighted by Crippen LogP contribution is -2.56. The summed E-state index contributed by atoms with van der Waals surface area (Å²) in [5, 5.41) is 8.97. The predicted molar refractivity (Wildman–Crippen MR) is 171 cm³/mol. The number of anilines is 4. The number of rotatable bonds is 6. The Morgan fingerprint density at radius 3 is 2.04 bits per heavy atom. The van der Waals surface area contributed by atoms with Crippen molar-refractivity contribution in [1.29, 1.82) is 0 Å². The number of carbonyl (C=O) groups excluding carboxylic acids is 2. The zero-order valence-electron chi connectivity index (χ0n) is 25.3. The Morgan fingerprint density at radius 2 is 1.38 bits per heavy atom. The van der Waals surface area contributed by atoms with Gasteiger partial charge in [0.15, 0.2) is 5.82 Å². The molecule has 2 aromatic carbocycles. The molecule has 1 aromatic heterocycles. The number of benzene rings is 2. The molecular formula is C32H39N9O4. The van der Waals surface area contributed by atoms with Crippen LogP contribution in [-0.4, -0.2) is 110 Å². The van der Waals surface area contributed by atoms with Crippen LogP contribution in [0.15, 0.2) is 48.5 Å². The number of nitrogens with zero attached hydrogens (tertiary/aromatic N) is 6. The summed E-state index contributed by atoms with van der Waals surface area (Å²) in [5.41, 5.74) is 2.67. The van der Waals surface area contributed by atoms with Gasteiger partial charge in [-0.25, -0.2) is 4.79 Å². The van der Waals surface area contributed by atoms with E-state index in [0.717, 1.165) is 44.6 Å². The highest BCUT2D eigenvalue weighted by molar-refractivity contribution is 6.00. The minimum Gasteiger partial charge on any atom is -0.378 e. The van der Waals surface area contributed by atoms with Gasteiger partial charge in [-0.3, -0.25) is 4.79 Å². The maximum Gasteiger partial charge on any atom is 0.323 e. The van der Waals surface area contributed by atoms with Gasteiger partial charge >= 0.3 is 6.03 Å². The number of urea groups is 1. The van der Waals surface area contributed by atoms with Crippen LogP contribution in [0.5, 0.6) is 0 Å². The van der Waals surface area contributed by atoms with Crippen molar-refractivity contribution in [3.63, 3.8) is 0 Å². The van der Waals surface area contributed by atoms with Crippen LogP contribution in [0.2, 0.25) is 0 Å². The summed E-state index contributed by atoms with van der Waals surface area (Å²) < 4.78 is 11.4. The first-order valence-electron chi connectivity index (χ1n) is 15.8. The van der Waals surface area contributed by atoms with Crippen LogP contribution in [0.4, 0.5) is 28.1 Å². The van der Waals surface area contributed by atoms with E-state index in [1.165, 1.54) is 6.42 Å². The van der Waals surface area contributed by atoms with Crippen LogP contribution in [0.25, 0.3) is 11.4 Å². The highest BCUT2D eigenvalue weighted by Gasteiger charge is 2.37. The fourth-order valence-electron chi connectivity index (χ4n) is 6.41. The maximum absolute atomic E-state index is 12.8. The van der Waals surface area contributed by atoms with Crippen molar-refractivity contribution >= 4 is 35.2 Å². The van der Waals surface area contributed by atoms with E-state index in [-0.39, 0.29) is 24.0 Å². The van der Waals surface area contributed by atoms with Crippen molar-refractivity contribution in [1.82, 2.24) is 25.2 Å². The van der Waals surface area contributed by atoms with Crippen LogP contribution < -0.4 is 25.8 Å². The number of hydrogen-bond acceptors (Lipinski definition) is 10. The van der Waals surface area contributed by atoms with Gasteiger partial charge in [0.25, 0.3) is 5.91 Å². The Bertz CT molecular complexity index is 1470. The lowest BCUT2D eigenvalue weighted by molar-refractivity contribution is 0.0452. The molecule has 0 saturated carbocycles. The smallest absolute Gasteiger partial charge is 0.323 e. The highest BCUT2D eigenvalue weighted by Crippen LogP contribution is 2.33. The van der Waals surface area contributed by atoms with E-state index in [1.54, 1.807) is 24.3 Å². The van der Waals surface area contributed by atoms with Crippen LogP contribution in [0.3, 0.4) is 0 Å². The third kappa shape index (κ3) is 6.70. The number of morpholine rings is 2. The second-order valence-electron chi connectivity index (χ2n) is 11.8. The van der Waals surface area contributed by atoms with Crippen molar-refractivity contribution in [3.8, 4) is 11.4 Å². The largest absolute Gasteiger partial charge is 0.378 e. The summed E-state index contributed by atoms with van der Waals surface area (Å²) in [6.07, 6.45) is 3.31. The number of piperazine rings is 1. The number of amides is 3. The molecule has 3 aromatic rings. The lowest BCUT2D eigenvalue weighted by atomic mass is 9.95. The van der Waals surface area contributed by atoms with E-state index in [0.29, 0.717) is 74.2 Å². The highest BCUT2D eigenvalue weighted by atomic mass is 16.5.